The van der Waals surface area contributed by atoms with Crippen LogP contribution in [0.4, 0.5) is 5.69 Å². The molecular weight excluding hydrogens is 590 g/mol. The number of nitrogens with one attached hydrogen (secondary N) is 1. The summed E-state index contributed by atoms with van der Waals surface area (Å²) in [6, 6.07) is 2.88. The van der Waals surface area contributed by atoms with E-state index in [-0.39, 0.29) is 34.1 Å². The van der Waals surface area contributed by atoms with E-state index in [1.807, 2.05) is 18.9 Å². The minimum Gasteiger partial charge on any atom is -0.385 e. The number of nitro groups is 1. The normalized spacial score (nSPS) is 26.5. The Balaban J connectivity index is 1.62. The van der Waals surface area contributed by atoms with Gasteiger partial charge in [-0.1, -0.05) is 6.92 Å². The molecule has 1 N–H and O–H groups in total. The molecule has 2 saturated heterocycles. The number of carbonyl (C=O) groups excluding carboxylic acids is 4. The highest BCUT2D eigenvalue weighted by atomic mass is 32.2. The van der Waals surface area contributed by atoms with E-state index in [9.17, 15) is 37.7 Å². The summed E-state index contributed by atoms with van der Waals surface area (Å²) in [5.41, 5.74) is -0.424. The maximum atomic E-state index is 13.5. The van der Waals surface area contributed by atoms with Crippen molar-refractivity contribution in [1.29, 1.82) is 0 Å². The zero-order valence-electron chi connectivity index (χ0n) is 24.0. The van der Waals surface area contributed by atoms with Crippen molar-refractivity contribution in [3.05, 3.63) is 50.5 Å². The Kier molecular flexibility index (Phi) is 8.83. The van der Waals surface area contributed by atoms with Gasteiger partial charge in [0.25, 0.3) is 5.69 Å². The van der Waals surface area contributed by atoms with Gasteiger partial charge >= 0.3 is 11.9 Å². The molecule has 3 heterocycles. The molecule has 0 spiro atoms. The van der Waals surface area contributed by atoms with Crippen LogP contribution >= 0.6 is 11.8 Å². The third-order valence-corrected chi connectivity index (χ3v) is 10.0. The van der Waals surface area contributed by atoms with Crippen LogP contribution in [-0.2, 0) is 29.1 Å². The van der Waals surface area contributed by atoms with Gasteiger partial charge in [-0.2, -0.15) is 0 Å². The lowest BCUT2D eigenvalue weighted by Gasteiger charge is -2.47. The Labute approximate surface area is 247 Å². The van der Waals surface area contributed by atoms with Gasteiger partial charge in [-0.25, -0.2) is 22.7 Å². The van der Waals surface area contributed by atoms with Crippen molar-refractivity contribution in [2.45, 2.75) is 43.6 Å². The second-order valence-corrected chi connectivity index (χ2v) is 14.2. The molecule has 0 aliphatic carbocycles. The molecule has 3 aliphatic rings. The summed E-state index contributed by atoms with van der Waals surface area (Å²) in [5, 5.41) is 10.8. The predicted molar refractivity (Wildman–Crippen MR) is 152 cm³/mol. The SMILES string of the molecule is C[C@@H](NS(C)(=O)=O)[C@H]1C(=O)N2C(C(=O)OC(=O)c3ccc([N+](=O)[O-])cc3)=C(S[C@H]3C[C@@H](C(=O)N(C)C)N(C)C3)[C@H](C)[C@H]12. The molecule has 0 aromatic heterocycles. The zero-order chi connectivity index (χ0) is 31.3. The van der Waals surface area contributed by atoms with Crippen molar-refractivity contribution in [2.75, 3.05) is 33.9 Å². The van der Waals surface area contributed by atoms with Crippen LogP contribution in [0, 0.1) is 22.0 Å². The fourth-order valence-corrected chi connectivity index (χ4v) is 8.23. The maximum absolute atomic E-state index is 13.5. The average Bonchev–Trinajstić information content (AvgIpc) is 3.37. The van der Waals surface area contributed by atoms with Crippen molar-refractivity contribution in [3.63, 3.8) is 0 Å². The molecular formula is C26H33N5O9S2. The molecule has 228 valence electrons. The van der Waals surface area contributed by atoms with E-state index in [0.29, 0.717) is 17.9 Å². The number of likely N-dealkylation sites (tertiary alicyclic amines) is 1. The second-order valence-electron chi connectivity index (χ2n) is 11.0. The molecule has 0 radical (unpaired) electrons. The first-order chi connectivity index (χ1) is 19.5. The largest absolute Gasteiger partial charge is 0.385 e. The number of sulfonamides is 1. The summed E-state index contributed by atoms with van der Waals surface area (Å²) in [4.78, 5) is 67.9. The molecule has 4 rings (SSSR count). The summed E-state index contributed by atoms with van der Waals surface area (Å²) >= 11 is 1.35. The van der Waals surface area contributed by atoms with Crippen LogP contribution in [0.5, 0.6) is 0 Å². The molecule has 6 atom stereocenters. The van der Waals surface area contributed by atoms with Crippen LogP contribution in [0.2, 0.25) is 0 Å². The number of hydrogen-bond donors (Lipinski definition) is 1. The van der Waals surface area contributed by atoms with Crippen molar-refractivity contribution < 1.29 is 37.3 Å². The van der Waals surface area contributed by atoms with Crippen LogP contribution in [-0.4, -0.2) is 109 Å². The van der Waals surface area contributed by atoms with E-state index < -0.39 is 56.7 Å². The Morgan fingerprint density at radius 1 is 1.19 bits per heavy atom. The van der Waals surface area contributed by atoms with Gasteiger partial charge in [-0.05, 0) is 32.5 Å². The molecule has 0 bridgehead atoms. The van der Waals surface area contributed by atoms with Gasteiger partial charge in [-0.15, -0.1) is 11.8 Å². The van der Waals surface area contributed by atoms with Gasteiger partial charge in [0.2, 0.25) is 21.8 Å². The summed E-state index contributed by atoms with van der Waals surface area (Å²) in [6.45, 7) is 3.94. The van der Waals surface area contributed by atoms with E-state index in [1.165, 1.54) is 21.6 Å². The number of β-lactam (4-membered cyclic amide) rings is 1. The molecule has 14 nitrogen and oxygen atoms in total. The first-order valence-corrected chi connectivity index (χ1v) is 15.9. The minimum absolute atomic E-state index is 0.0536. The average molecular weight is 624 g/mol. The van der Waals surface area contributed by atoms with Gasteiger partial charge < -0.3 is 14.5 Å². The first kappa shape index (κ1) is 31.6. The molecule has 1 aromatic carbocycles. The monoisotopic (exact) mass is 623 g/mol. The molecule has 2 amide bonds. The van der Waals surface area contributed by atoms with E-state index in [0.717, 1.165) is 30.5 Å². The number of thioether (sulfide) groups is 1. The number of amides is 2. The van der Waals surface area contributed by atoms with E-state index in [2.05, 4.69) is 4.72 Å². The lowest BCUT2D eigenvalue weighted by Crippen LogP contribution is -2.66. The number of non-ortho nitro benzene ring substituents is 1. The van der Waals surface area contributed by atoms with Crippen LogP contribution in [0.25, 0.3) is 0 Å². The fraction of sp³-hybridized carbons (Fsp3) is 0.538. The number of benzene rings is 1. The van der Waals surface area contributed by atoms with Gasteiger partial charge in [0.05, 0.1) is 34.7 Å². The highest BCUT2D eigenvalue weighted by Crippen LogP contribution is 2.52. The lowest BCUT2D eigenvalue weighted by atomic mass is 9.78. The molecule has 42 heavy (non-hydrogen) atoms. The topological polar surface area (TPSA) is 177 Å². The van der Waals surface area contributed by atoms with Crippen LogP contribution < -0.4 is 4.72 Å². The lowest BCUT2D eigenvalue weighted by molar-refractivity contribution is -0.384. The van der Waals surface area contributed by atoms with E-state index in [4.69, 9.17) is 4.74 Å². The molecule has 1 aromatic rings. The maximum Gasteiger partial charge on any atom is 0.363 e. The minimum atomic E-state index is -3.62. The van der Waals surface area contributed by atoms with E-state index in [1.54, 1.807) is 21.0 Å². The van der Waals surface area contributed by atoms with Crippen LogP contribution in [0.3, 0.4) is 0 Å². The number of fused-ring (bicyclic) bond motifs is 1. The quantitative estimate of drug-likeness (QED) is 0.135. The number of esters is 2. The summed E-state index contributed by atoms with van der Waals surface area (Å²) in [5.74, 6) is -3.79. The highest BCUT2D eigenvalue weighted by Gasteiger charge is 2.61. The molecule has 2 fully saturated rings. The summed E-state index contributed by atoms with van der Waals surface area (Å²) in [7, 11) is 1.57. The van der Waals surface area contributed by atoms with Crippen LogP contribution in [0.1, 0.15) is 30.6 Å². The smallest absolute Gasteiger partial charge is 0.363 e. The number of carbonyl (C=O) groups is 4. The van der Waals surface area contributed by atoms with Gasteiger partial charge in [0.1, 0.15) is 5.70 Å². The van der Waals surface area contributed by atoms with Gasteiger partial charge in [0, 0.05) is 54.9 Å². The van der Waals surface area contributed by atoms with Gasteiger partial charge in [0.15, 0.2) is 0 Å². The molecule has 16 heteroatoms. The highest BCUT2D eigenvalue weighted by molar-refractivity contribution is 8.03. The molecule has 0 saturated carbocycles. The Morgan fingerprint density at radius 3 is 2.36 bits per heavy atom. The van der Waals surface area contributed by atoms with Crippen molar-refractivity contribution in [3.8, 4) is 0 Å². The van der Waals surface area contributed by atoms with Crippen molar-refractivity contribution in [1.82, 2.24) is 19.4 Å². The predicted octanol–water partition coefficient (Wildman–Crippen LogP) is 0.798. The summed E-state index contributed by atoms with van der Waals surface area (Å²) in [6.07, 6.45) is 1.49. The zero-order valence-corrected chi connectivity index (χ0v) is 25.6. The summed E-state index contributed by atoms with van der Waals surface area (Å²) < 4.78 is 31.4. The first-order valence-electron chi connectivity index (χ1n) is 13.1. The fourth-order valence-electron chi connectivity index (χ4n) is 5.81. The van der Waals surface area contributed by atoms with Crippen molar-refractivity contribution in [2.24, 2.45) is 11.8 Å². The number of nitro benzene ring substituents is 1. The number of nitrogens with zero attached hydrogens (tertiary/aromatic N) is 4. The van der Waals surface area contributed by atoms with E-state index >= 15 is 0 Å². The Hall–Kier alpha value is -3.34. The number of ether oxygens (including phenoxy) is 1. The molecule has 3 aliphatic heterocycles. The standard InChI is InChI=1S/C26H33N5O9S2/c1-13-20-19(14(2)27-42(6,38)39)24(33)30(20)21(22(13)41-17-11-18(29(5)12-17)23(32)28(3)4)26(35)40-25(34)15-7-9-16(10-8-15)31(36)37/h7-10,13-14,17-20,27H,11-12H2,1-6H3/t13-,14-,17+,18+,19-,20-/m1/s1. The Bertz CT molecular complexity index is 1460. The Morgan fingerprint density at radius 2 is 1.81 bits per heavy atom. The number of likely N-dealkylation sites (N-methyl/N-ethyl adjacent to an activating group) is 2. The number of rotatable bonds is 9. The third-order valence-electron chi connectivity index (χ3n) is 7.75. The number of hydrogen-bond acceptors (Lipinski definition) is 11. The van der Waals surface area contributed by atoms with Crippen molar-refractivity contribution >= 4 is 51.2 Å². The van der Waals surface area contributed by atoms with Crippen LogP contribution in [0.15, 0.2) is 34.9 Å². The van der Waals surface area contributed by atoms with Gasteiger partial charge in [-0.3, -0.25) is 24.6 Å². The second kappa shape index (κ2) is 11.7. The molecule has 0 unspecified atom stereocenters. The third kappa shape index (κ3) is 6.07.